The Labute approximate surface area is 318 Å². The van der Waals surface area contributed by atoms with Gasteiger partial charge in [-0.3, -0.25) is 28.8 Å². The van der Waals surface area contributed by atoms with Gasteiger partial charge < -0.3 is 41.9 Å². The molecule has 0 bridgehead atoms. The van der Waals surface area contributed by atoms with E-state index < -0.39 is 84.9 Å². The van der Waals surface area contributed by atoms with E-state index in [9.17, 15) is 44.1 Å². The van der Waals surface area contributed by atoms with E-state index in [1.165, 1.54) is 6.92 Å². The van der Waals surface area contributed by atoms with Gasteiger partial charge in [0.15, 0.2) is 0 Å². The molecule has 14 heteroatoms. The number of benzene rings is 2. The van der Waals surface area contributed by atoms with Crippen molar-refractivity contribution < 1.29 is 44.1 Å². The summed E-state index contributed by atoms with van der Waals surface area (Å²) in [4.78, 5) is 77.3. The minimum absolute atomic E-state index is 0.0900. The molecule has 0 unspecified atom stereocenters. The molecule has 2 aromatic rings. The van der Waals surface area contributed by atoms with Crippen LogP contribution in [0.2, 0.25) is 0 Å². The molecule has 0 aliphatic rings. The van der Waals surface area contributed by atoms with Gasteiger partial charge in [-0.25, -0.2) is 0 Å². The van der Waals surface area contributed by atoms with Gasteiger partial charge in [0.1, 0.15) is 18.1 Å². The molecule has 0 aromatic heterocycles. The number of hydrogen-bond acceptors (Lipinski definition) is 8. The fourth-order valence-corrected chi connectivity index (χ4v) is 5.82. The van der Waals surface area contributed by atoms with Gasteiger partial charge >= 0.3 is 5.97 Å². The summed E-state index contributed by atoms with van der Waals surface area (Å²) in [6, 6.07) is 12.9. The van der Waals surface area contributed by atoms with Crippen LogP contribution in [0.25, 0.3) is 0 Å². The van der Waals surface area contributed by atoms with Gasteiger partial charge in [0.05, 0.1) is 37.1 Å². The maximum atomic E-state index is 13.8. The molecular weight excluding hydrogens is 694 g/mol. The molecule has 54 heavy (non-hydrogen) atoms. The van der Waals surface area contributed by atoms with E-state index in [0.29, 0.717) is 0 Å². The van der Waals surface area contributed by atoms with Crippen molar-refractivity contribution in [3.63, 3.8) is 0 Å². The first-order valence-corrected chi connectivity index (χ1v) is 18.5. The Morgan fingerprint density at radius 2 is 0.926 bits per heavy atom. The number of carbonyl (C=O) groups excluding carboxylic acids is 5. The summed E-state index contributed by atoms with van der Waals surface area (Å²) in [5.74, 6) is -4.56. The monoisotopic (exact) mass is 753 g/mol. The lowest BCUT2D eigenvalue weighted by atomic mass is 9.96. The summed E-state index contributed by atoms with van der Waals surface area (Å²) >= 11 is 0. The van der Waals surface area contributed by atoms with Gasteiger partial charge in [0.25, 0.3) is 0 Å². The Morgan fingerprint density at radius 1 is 0.519 bits per heavy atom. The van der Waals surface area contributed by atoms with Gasteiger partial charge in [-0.2, -0.15) is 0 Å². The number of rotatable bonds is 22. The van der Waals surface area contributed by atoms with Crippen molar-refractivity contribution in [2.75, 3.05) is 0 Å². The van der Waals surface area contributed by atoms with E-state index in [2.05, 4.69) is 26.6 Å². The Kier molecular flexibility index (Phi) is 18.8. The highest BCUT2D eigenvalue weighted by molar-refractivity contribution is 5.92. The molecule has 5 amide bonds. The van der Waals surface area contributed by atoms with E-state index in [-0.39, 0.29) is 42.9 Å². The summed E-state index contributed by atoms with van der Waals surface area (Å²) in [5, 5.41) is 44.7. The predicted molar refractivity (Wildman–Crippen MR) is 204 cm³/mol. The van der Waals surface area contributed by atoms with E-state index in [1.807, 2.05) is 19.9 Å². The molecule has 0 fully saturated rings. The average Bonchev–Trinajstić information content (AvgIpc) is 3.08. The van der Waals surface area contributed by atoms with Gasteiger partial charge in [-0.15, -0.1) is 0 Å². The molecule has 0 radical (unpaired) electrons. The molecule has 0 saturated carbocycles. The fourth-order valence-electron chi connectivity index (χ4n) is 5.82. The van der Waals surface area contributed by atoms with Crippen LogP contribution in [0.3, 0.4) is 0 Å². The predicted octanol–water partition coefficient (Wildman–Crippen LogP) is 1.86. The minimum atomic E-state index is -1.42. The van der Waals surface area contributed by atoms with Crippen LogP contribution in [0.15, 0.2) is 60.7 Å². The molecule has 2 aromatic carbocycles. The lowest BCUT2D eigenvalue weighted by Crippen LogP contribution is -2.59. The molecule has 7 atom stereocenters. The van der Waals surface area contributed by atoms with Crippen molar-refractivity contribution in [1.29, 1.82) is 0 Å². The number of aliphatic hydroxyl groups is 2. The highest BCUT2D eigenvalue weighted by atomic mass is 16.4. The number of carboxylic acids is 1. The third-order valence-corrected chi connectivity index (χ3v) is 8.84. The van der Waals surface area contributed by atoms with Gasteiger partial charge in [0, 0.05) is 6.42 Å². The van der Waals surface area contributed by atoms with Crippen LogP contribution in [0, 0.1) is 17.8 Å². The summed E-state index contributed by atoms with van der Waals surface area (Å²) in [5.41, 5.74) is 1.52. The molecule has 298 valence electrons. The van der Waals surface area contributed by atoms with Crippen LogP contribution in [-0.2, 0) is 41.6 Å². The lowest BCUT2D eigenvalue weighted by Gasteiger charge is -2.30. The first kappa shape index (κ1) is 45.3. The van der Waals surface area contributed by atoms with Crippen molar-refractivity contribution in [2.24, 2.45) is 17.8 Å². The standard InChI is InChI=1S/C40H59N5O9/c1-23(2)18-33(48)44-36(24(3)4)40(54)45-37(25(5)6)39(53)43-29(19-27-14-10-8-11-15-27)31(46)21-34(49)41-26(7)38(52)42-30(32(47)22-35(50)51)20-28-16-12-9-13-17-28/h8-17,23-26,29-32,36-37,46-47H,18-22H2,1-7H3,(H,41,49)(H,42,52)(H,43,53)(H,44,48)(H,45,54)(H,50,51)/t26-,29+,30+,31-,32-,36+,37-/m1/s1. The molecule has 14 nitrogen and oxygen atoms in total. The van der Waals surface area contributed by atoms with Crippen molar-refractivity contribution in [3.8, 4) is 0 Å². The van der Waals surface area contributed by atoms with Crippen LogP contribution in [0.5, 0.6) is 0 Å². The molecular formula is C40H59N5O9. The van der Waals surface area contributed by atoms with E-state index in [1.54, 1.807) is 82.3 Å². The first-order valence-electron chi connectivity index (χ1n) is 18.5. The second-order valence-electron chi connectivity index (χ2n) is 15.0. The molecule has 0 saturated heterocycles. The third-order valence-electron chi connectivity index (χ3n) is 8.84. The Balaban J connectivity index is 2.17. The van der Waals surface area contributed by atoms with Crippen LogP contribution in [0.4, 0.5) is 0 Å². The number of carboxylic acid groups (broad SMARTS) is 1. The summed E-state index contributed by atoms with van der Waals surface area (Å²) in [6.45, 7) is 12.3. The smallest absolute Gasteiger partial charge is 0.306 e. The molecule has 0 spiro atoms. The normalized spacial score (nSPS) is 15.3. The first-order chi connectivity index (χ1) is 25.4. The quantitative estimate of drug-likeness (QED) is 0.0878. The number of hydrogen-bond donors (Lipinski definition) is 8. The highest BCUT2D eigenvalue weighted by Crippen LogP contribution is 2.14. The van der Waals surface area contributed by atoms with Gasteiger partial charge in [0.2, 0.25) is 29.5 Å². The van der Waals surface area contributed by atoms with Crippen molar-refractivity contribution in [1.82, 2.24) is 26.6 Å². The summed E-state index contributed by atoms with van der Waals surface area (Å²) in [7, 11) is 0. The number of aliphatic carboxylic acids is 1. The molecule has 0 heterocycles. The van der Waals surface area contributed by atoms with Gasteiger partial charge in [-0.1, -0.05) is 102 Å². The zero-order valence-electron chi connectivity index (χ0n) is 32.4. The second-order valence-corrected chi connectivity index (χ2v) is 15.0. The maximum absolute atomic E-state index is 13.8. The van der Waals surface area contributed by atoms with Crippen LogP contribution < -0.4 is 26.6 Å². The van der Waals surface area contributed by atoms with E-state index in [0.717, 1.165) is 11.1 Å². The molecule has 2 rings (SSSR count). The average molecular weight is 754 g/mol. The SMILES string of the molecule is CC(C)CC(=O)N[C@H](C(=O)N[C@@H](C(=O)N[C@@H](Cc1ccccc1)[C@H](O)CC(=O)N[C@H](C)C(=O)N[C@@H](Cc1ccccc1)[C@H](O)CC(=O)O)C(C)C)C(C)C. The summed E-state index contributed by atoms with van der Waals surface area (Å²) in [6.07, 6.45) is -3.41. The number of nitrogens with one attached hydrogen (secondary N) is 5. The van der Waals surface area contributed by atoms with Gasteiger partial charge in [-0.05, 0) is 48.6 Å². The zero-order chi connectivity index (χ0) is 40.5. The van der Waals surface area contributed by atoms with Crippen molar-refractivity contribution >= 4 is 35.5 Å². The largest absolute Gasteiger partial charge is 0.481 e. The third kappa shape index (κ3) is 16.0. The molecule has 8 N–H and O–H groups in total. The molecule has 0 aliphatic heterocycles. The van der Waals surface area contributed by atoms with E-state index in [4.69, 9.17) is 0 Å². The topological polar surface area (TPSA) is 223 Å². The van der Waals surface area contributed by atoms with E-state index >= 15 is 0 Å². The highest BCUT2D eigenvalue weighted by Gasteiger charge is 2.34. The number of aliphatic hydroxyl groups excluding tert-OH is 2. The Morgan fingerprint density at radius 3 is 1.37 bits per heavy atom. The second kappa shape index (κ2) is 22.4. The number of carbonyl (C=O) groups is 6. The maximum Gasteiger partial charge on any atom is 0.306 e. The lowest BCUT2D eigenvalue weighted by molar-refractivity contribution is -0.140. The zero-order valence-corrected chi connectivity index (χ0v) is 32.4. The Hall–Kier alpha value is -4.82. The summed E-state index contributed by atoms with van der Waals surface area (Å²) < 4.78 is 0. The van der Waals surface area contributed by atoms with Crippen LogP contribution >= 0.6 is 0 Å². The molecule has 0 aliphatic carbocycles. The van der Waals surface area contributed by atoms with Crippen LogP contribution in [0.1, 0.15) is 78.9 Å². The minimum Gasteiger partial charge on any atom is -0.481 e. The number of amides is 5. The van der Waals surface area contributed by atoms with Crippen molar-refractivity contribution in [3.05, 3.63) is 71.8 Å². The fraction of sp³-hybridized carbons (Fsp3) is 0.550. The van der Waals surface area contributed by atoms with Crippen LogP contribution in [-0.4, -0.2) is 93.2 Å². The van der Waals surface area contributed by atoms with Crippen molar-refractivity contribution in [2.45, 2.75) is 123 Å². The Bertz CT molecular complexity index is 1520.